The Labute approximate surface area is 123 Å². The molecule has 1 N–H and O–H groups in total. The maximum absolute atomic E-state index is 12.4. The van der Waals surface area contributed by atoms with E-state index in [1.807, 2.05) is 11.0 Å². The molecule has 2 rings (SSSR count). The van der Waals surface area contributed by atoms with Gasteiger partial charge in [0.25, 0.3) is 0 Å². The Morgan fingerprint density at radius 1 is 1.45 bits per heavy atom. The third kappa shape index (κ3) is 3.54. The fraction of sp³-hybridized carbons (Fsp3) is 0.467. The summed E-state index contributed by atoms with van der Waals surface area (Å²) in [4.78, 5) is 25.2. The molecule has 5 heteroatoms. The smallest absolute Gasteiger partial charge is 0.335 e. The third-order valence-corrected chi connectivity index (χ3v) is 4.30. The molecule has 1 aromatic rings. The van der Waals surface area contributed by atoms with Crippen LogP contribution in [0.4, 0.5) is 0 Å². The molecule has 0 saturated carbocycles. The van der Waals surface area contributed by atoms with Gasteiger partial charge in [-0.3, -0.25) is 4.79 Å². The van der Waals surface area contributed by atoms with Gasteiger partial charge in [0.2, 0.25) is 5.91 Å². The van der Waals surface area contributed by atoms with E-state index < -0.39 is 5.97 Å². The van der Waals surface area contributed by atoms with E-state index in [0.717, 1.165) is 30.7 Å². The normalized spacial score (nSPS) is 18.2. The first-order valence-electron chi connectivity index (χ1n) is 6.72. The van der Waals surface area contributed by atoms with Gasteiger partial charge in [-0.2, -0.15) is 11.8 Å². The number of benzene rings is 1. The van der Waals surface area contributed by atoms with Crippen molar-refractivity contribution in [3.8, 4) is 0 Å². The third-order valence-electron chi connectivity index (χ3n) is 3.59. The van der Waals surface area contributed by atoms with Crippen LogP contribution in [0.15, 0.2) is 24.3 Å². The number of aromatic carboxylic acids is 1. The Morgan fingerprint density at radius 3 is 2.95 bits per heavy atom. The van der Waals surface area contributed by atoms with Crippen LogP contribution in [0.25, 0.3) is 0 Å². The van der Waals surface area contributed by atoms with Crippen LogP contribution in [-0.4, -0.2) is 46.5 Å². The van der Waals surface area contributed by atoms with Crippen molar-refractivity contribution >= 4 is 23.6 Å². The van der Waals surface area contributed by atoms with Crippen molar-refractivity contribution in [2.75, 3.05) is 18.6 Å². The molecule has 20 heavy (non-hydrogen) atoms. The molecule has 108 valence electrons. The fourth-order valence-corrected chi connectivity index (χ4v) is 3.35. The summed E-state index contributed by atoms with van der Waals surface area (Å²) in [6.07, 6.45) is 4.47. The number of amides is 1. The number of thioether (sulfide) groups is 1. The van der Waals surface area contributed by atoms with Crippen LogP contribution in [0.5, 0.6) is 0 Å². The van der Waals surface area contributed by atoms with Crippen molar-refractivity contribution in [2.45, 2.75) is 25.3 Å². The zero-order chi connectivity index (χ0) is 14.5. The zero-order valence-electron chi connectivity index (χ0n) is 11.5. The summed E-state index contributed by atoms with van der Waals surface area (Å²) in [5.41, 5.74) is 1.00. The van der Waals surface area contributed by atoms with Crippen molar-refractivity contribution in [3.05, 3.63) is 35.4 Å². The number of carboxylic acids is 1. The SMILES string of the molecule is CSCC1CCCN1C(=O)Cc1cccc(C(=O)O)c1. The van der Waals surface area contributed by atoms with E-state index in [1.54, 1.807) is 30.0 Å². The predicted octanol–water partition coefficient (Wildman–Crippen LogP) is 2.28. The van der Waals surface area contributed by atoms with Crippen molar-refractivity contribution in [2.24, 2.45) is 0 Å². The lowest BCUT2D eigenvalue weighted by Gasteiger charge is -2.24. The van der Waals surface area contributed by atoms with E-state index in [0.29, 0.717) is 6.04 Å². The first kappa shape index (κ1) is 14.9. The zero-order valence-corrected chi connectivity index (χ0v) is 12.4. The van der Waals surface area contributed by atoms with Gasteiger partial charge in [-0.05, 0) is 36.8 Å². The van der Waals surface area contributed by atoms with Gasteiger partial charge in [-0.25, -0.2) is 4.79 Å². The highest BCUT2D eigenvalue weighted by atomic mass is 32.2. The monoisotopic (exact) mass is 293 g/mol. The summed E-state index contributed by atoms with van der Waals surface area (Å²) < 4.78 is 0. The topological polar surface area (TPSA) is 57.6 Å². The summed E-state index contributed by atoms with van der Waals surface area (Å²) in [5, 5.41) is 8.97. The highest BCUT2D eigenvalue weighted by Gasteiger charge is 2.28. The highest BCUT2D eigenvalue weighted by Crippen LogP contribution is 2.21. The van der Waals surface area contributed by atoms with Crippen LogP contribution in [0, 0.1) is 0 Å². The second-order valence-corrected chi connectivity index (χ2v) is 5.93. The Kier molecular flexibility index (Phi) is 5.06. The molecule has 0 aromatic heterocycles. The average molecular weight is 293 g/mol. The number of likely N-dealkylation sites (tertiary alicyclic amines) is 1. The van der Waals surface area contributed by atoms with Crippen LogP contribution in [0.3, 0.4) is 0 Å². The van der Waals surface area contributed by atoms with Gasteiger partial charge in [-0.1, -0.05) is 12.1 Å². The number of hydrogen-bond donors (Lipinski definition) is 1. The first-order valence-corrected chi connectivity index (χ1v) is 8.12. The molecular weight excluding hydrogens is 274 g/mol. The van der Waals surface area contributed by atoms with E-state index in [1.165, 1.54) is 0 Å². The molecule has 1 saturated heterocycles. The second kappa shape index (κ2) is 6.79. The van der Waals surface area contributed by atoms with Gasteiger partial charge in [0, 0.05) is 18.3 Å². The molecule has 1 heterocycles. The van der Waals surface area contributed by atoms with Crippen LogP contribution in [0.1, 0.15) is 28.8 Å². The molecule has 1 unspecified atom stereocenters. The highest BCUT2D eigenvalue weighted by molar-refractivity contribution is 7.98. The van der Waals surface area contributed by atoms with E-state index in [9.17, 15) is 9.59 Å². The maximum atomic E-state index is 12.4. The number of carbonyl (C=O) groups is 2. The van der Waals surface area contributed by atoms with Gasteiger partial charge < -0.3 is 10.0 Å². The number of nitrogens with zero attached hydrogens (tertiary/aromatic N) is 1. The van der Waals surface area contributed by atoms with E-state index in [-0.39, 0.29) is 17.9 Å². The molecule has 1 aliphatic heterocycles. The molecule has 4 nitrogen and oxygen atoms in total. The summed E-state index contributed by atoms with van der Waals surface area (Å²) in [5.74, 6) is 0.116. The minimum atomic E-state index is -0.958. The summed E-state index contributed by atoms with van der Waals surface area (Å²) >= 11 is 1.76. The summed E-state index contributed by atoms with van der Waals surface area (Å²) in [6, 6.07) is 6.96. The number of rotatable bonds is 5. The van der Waals surface area contributed by atoms with E-state index in [4.69, 9.17) is 5.11 Å². The lowest BCUT2D eigenvalue weighted by molar-refractivity contribution is -0.130. The molecule has 1 aliphatic rings. The fourth-order valence-electron chi connectivity index (χ4n) is 2.62. The van der Waals surface area contributed by atoms with Crippen molar-refractivity contribution in [1.82, 2.24) is 4.90 Å². The van der Waals surface area contributed by atoms with Gasteiger partial charge in [0.15, 0.2) is 0 Å². The molecule has 0 bridgehead atoms. The molecule has 0 spiro atoms. The van der Waals surface area contributed by atoms with Crippen molar-refractivity contribution in [3.63, 3.8) is 0 Å². The Bertz CT molecular complexity index is 504. The predicted molar refractivity (Wildman–Crippen MR) is 80.2 cm³/mol. The van der Waals surface area contributed by atoms with Gasteiger partial charge in [0.05, 0.1) is 12.0 Å². The molecule has 1 atom stereocenters. The molecule has 0 radical (unpaired) electrons. The lowest BCUT2D eigenvalue weighted by atomic mass is 10.1. The number of carbonyl (C=O) groups excluding carboxylic acids is 1. The minimum Gasteiger partial charge on any atom is -0.478 e. The van der Waals surface area contributed by atoms with Gasteiger partial charge >= 0.3 is 5.97 Å². The Hall–Kier alpha value is -1.49. The molecule has 1 amide bonds. The van der Waals surface area contributed by atoms with Crippen LogP contribution in [-0.2, 0) is 11.2 Å². The second-order valence-electron chi connectivity index (χ2n) is 5.02. The van der Waals surface area contributed by atoms with Gasteiger partial charge in [-0.15, -0.1) is 0 Å². The summed E-state index contributed by atoms with van der Waals surface area (Å²) in [6.45, 7) is 0.822. The first-order chi connectivity index (χ1) is 9.61. The summed E-state index contributed by atoms with van der Waals surface area (Å²) in [7, 11) is 0. The Morgan fingerprint density at radius 2 is 2.25 bits per heavy atom. The maximum Gasteiger partial charge on any atom is 0.335 e. The Balaban J connectivity index is 2.04. The van der Waals surface area contributed by atoms with Crippen LogP contribution in [0.2, 0.25) is 0 Å². The average Bonchev–Trinajstić information content (AvgIpc) is 2.88. The van der Waals surface area contributed by atoms with Crippen molar-refractivity contribution in [1.29, 1.82) is 0 Å². The number of hydrogen-bond acceptors (Lipinski definition) is 3. The minimum absolute atomic E-state index is 0.101. The van der Waals surface area contributed by atoms with Crippen molar-refractivity contribution < 1.29 is 14.7 Å². The van der Waals surface area contributed by atoms with E-state index in [2.05, 4.69) is 6.26 Å². The van der Waals surface area contributed by atoms with Gasteiger partial charge in [0.1, 0.15) is 0 Å². The molecule has 1 aromatic carbocycles. The quantitative estimate of drug-likeness (QED) is 0.905. The standard InChI is InChI=1S/C15H19NO3S/c1-20-10-13-6-3-7-16(13)14(17)9-11-4-2-5-12(8-11)15(18)19/h2,4-5,8,13H,3,6-7,9-10H2,1H3,(H,18,19). The van der Waals surface area contributed by atoms with Crippen LogP contribution >= 0.6 is 11.8 Å². The lowest BCUT2D eigenvalue weighted by Crippen LogP contribution is -2.37. The largest absolute Gasteiger partial charge is 0.478 e. The van der Waals surface area contributed by atoms with E-state index >= 15 is 0 Å². The molecule has 0 aliphatic carbocycles. The number of carboxylic acid groups (broad SMARTS) is 1. The molecular formula is C15H19NO3S. The molecule has 1 fully saturated rings. The van der Waals surface area contributed by atoms with Crippen LogP contribution < -0.4 is 0 Å².